The zero-order chi connectivity index (χ0) is 21.8. The highest BCUT2D eigenvalue weighted by Gasteiger charge is 2.33. The summed E-state index contributed by atoms with van der Waals surface area (Å²) in [6, 6.07) is 28.0. The van der Waals surface area contributed by atoms with E-state index in [1.807, 2.05) is 55.5 Å². The first-order valence-corrected chi connectivity index (χ1v) is 11.8. The topological polar surface area (TPSA) is 44.8 Å². The van der Waals surface area contributed by atoms with Crippen molar-refractivity contribution < 1.29 is 18.1 Å². The van der Waals surface area contributed by atoms with Crippen molar-refractivity contribution in [1.82, 2.24) is 0 Å². The van der Waals surface area contributed by atoms with Crippen LogP contribution in [0.1, 0.15) is 25.3 Å². The quantitative estimate of drug-likeness (QED) is 0.176. The second kappa shape index (κ2) is 11.8. The molecule has 0 spiro atoms. The largest absolute Gasteiger partial charge is 0.647 e. The van der Waals surface area contributed by atoms with Crippen LogP contribution in [0.4, 0.5) is 0 Å². The van der Waals surface area contributed by atoms with Gasteiger partial charge in [-0.2, -0.15) is 4.57 Å². The molecule has 3 aromatic carbocycles. The molecule has 0 amide bonds. The fraction of sp³-hybridized carbons (Fsp3) is 0.154. The van der Waals surface area contributed by atoms with Gasteiger partial charge in [-0.05, 0) is 61.2 Å². The summed E-state index contributed by atoms with van der Waals surface area (Å²) in [7, 11) is -3.98. The molecule has 0 aliphatic rings. The molecule has 0 heterocycles. The Hall–Kier alpha value is -3.23. The number of para-hydroxylation sites is 2. The molecule has 0 saturated carbocycles. The number of phosphoric acid groups is 1. The van der Waals surface area contributed by atoms with Gasteiger partial charge in [0.1, 0.15) is 17.3 Å². The molecule has 160 valence electrons. The molecule has 3 rings (SSSR count). The van der Waals surface area contributed by atoms with Gasteiger partial charge in [-0.25, -0.2) is 0 Å². The molecule has 0 aliphatic carbocycles. The van der Waals surface area contributed by atoms with Crippen LogP contribution in [-0.2, 0) is 15.5 Å². The van der Waals surface area contributed by atoms with Crippen molar-refractivity contribution >= 4 is 7.82 Å². The van der Waals surface area contributed by atoms with Crippen molar-refractivity contribution in [3.8, 4) is 11.5 Å². The van der Waals surface area contributed by atoms with Crippen molar-refractivity contribution in [3.63, 3.8) is 0 Å². The highest BCUT2D eigenvalue weighted by molar-refractivity contribution is 7.49. The lowest BCUT2D eigenvalue weighted by Gasteiger charge is -2.20. The Balaban J connectivity index is 1.73. The highest BCUT2D eigenvalue weighted by atomic mass is 31.2. The summed E-state index contributed by atoms with van der Waals surface area (Å²) in [4.78, 5) is 0. The molecule has 3 aromatic rings. The van der Waals surface area contributed by atoms with Crippen LogP contribution in [0.5, 0.6) is 11.5 Å². The summed E-state index contributed by atoms with van der Waals surface area (Å²) in [5.74, 6) is 1.27. The van der Waals surface area contributed by atoms with Crippen LogP contribution in [0.15, 0.2) is 115 Å². The van der Waals surface area contributed by atoms with Gasteiger partial charge in [0.25, 0.3) is 0 Å². The normalized spacial score (nSPS) is 12.0. The van der Waals surface area contributed by atoms with E-state index in [2.05, 4.69) is 12.1 Å². The average molecular weight is 434 g/mol. The van der Waals surface area contributed by atoms with Gasteiger partial charge in [-0.15, -0.1) is 0 Å². The van der Waals surface area contributed by atoms with Crippen LogP contribution in [0.2, 0.25) is 0 Å². The first-order valence-electron chi connectivity index (χ1n) is 10.4. The summed E-state index contributed by atoms with van der Waals surface area (Å²) in [6.45, 7) is 1.99. The van der Waals surface area contributed by atoms with Gasteiger partial charge >= 0.3 is 7.82 Å². The highest BCUT2D eigenvalue weighted by Crippen LogP contribution is 2.51. The fourth-order valence-corrected chi connectivity index (χ4v) is 4.10. The lowest BCUT2D eigenvalue weighted by atomic mass is 10.1. The first-order chi connectivity index (χ1) is 15.2. The molecule has 0 radical (unpaired) electrons. The Kier molecular flexibility index (Phi) is 8.57. The molecule has 0 atom stereocenters. The van der Waals surface area contributed by atoms with Crippen molar-refractivity contribution in [2.45, 2.75) is 26.2 Å². The van der Waals surface area contributed by atoms with Crippen LogP contribution in [0.25, 0.3) is 0 Å². The molecule has 0 aliphatic heterocycles. The van der Waals surface area contributed by atoms with Gasteiger partial charge in [0, 0.05) is 0 Å². The van der Waals surface area contributed by atoms with Gasteiger partial charge < -0.3 is 13.6 Å². The zero-order valence-electron chi connectivity index (χ0n) is 17.6. The molecule has 0 bridgehead atoms. The maximum atomic E-state index is 13.6. The lowest BCUT2D eigenvalue weighted by molar-refractivity contribution is 0.262. The second-order valence-corrected chi connectivity index (χ2v) is 8.23. The van der Waals surface area contributed by atoms with E-state index in [-0.39, 0.29) is 0 Å². The van der Waals surface area contributed by atoms with E-state index in [0.717, 1.165) is 19.3 Å². The predicted octanol–water partition coefficient (Wildman–Crippen LogP) is 7.75. The van der Waals surface area contributed by atoms with Crippen LogP contribution < -0.4 is 9.05 Å². The maximum absolute atomic E-state index is 13.6. The zero-order valence-corrected chi connectivity index (χ0v) is 18.5. The summed E-state index contributed by atoms with van der Waals surface area (Å²) < 4.78 is 30.8. The summed E-state index contributed by atoms with van der Waals surface area (Å²) in [5.41, 5.74) is 1.26. The molecular weight excluding hydrogens is 407 g/mol. The van der Waals surface area contributed by atoms with Gasteiger partial charge in [-0.1, -0.05) is 79.7 Å². The molecule has 0 aromatic heterocycles. The van der Waals surface area contributed by atoms with Gasteiger partial charge in [0.05, 0.1) is 0 Å². The van der Waals surface area contributed by atoms with Crippen molar-refractivity contribution in [2.75, 3.05) is 0 Å². The lowest BCUT2D eigenvalue weighted by Crippen LogP contribution is -2.04. The molecule has 4 nitrogen and oxygen atoms in total. The predicted molar refractivity (Wildman–Crippen MR) is 125 cm³/mol. The smallest absolute Gasteiger partial charge is 0.386 e. The molecular formula is C26H27O4P. The van der Waals surface area contributed by atoms with Crippen molar-refractivity contribution in [1.29, 1.82) is 0 Å². The third-order valence-corrected chi connectivity index (χ3v) is 5.57. The van der Waals surface area contributed by atoms with Crippen LogP contribution in [-0.4, -0.2) is 0 Å². The SMILES string of the molecule is CC/C=C(/C=C/CCc1ccccc1)OP(=O)(Oc1ccccc1)Oc1ccccc1. The standard InChI is InChI=1S/C26H27O4P/c1-2-14-24(22-13-12-17-23-15-6-3-7-16-23)28-31(27,29-25-18-8-4-9-19-25)30-26-20-10-5-11-21-26/h3-11,13-16,18-22H,2,12,17H2,1H3/b22-13+,24-14-. The van der Waals surface area contributed by atoms with E-state index >= 15 is 0 Å². The minimum absolute atomic E-state index is 0.408. The van der Waals surface area contributed by atoms with E-state index in [0.29, 0.717) is 17.3 Å². The molecule has 0 fully saturated rings. The maximum Gasteiger partial charge on any atom is 0.647 e. The third kappa shape index (κ3) is 7.84. The van der Waals surface area contributed by atoms with E-state index in [4.69, 9.17) is 13.6 Å². The number of benzene rings is 3. The van der Waals surface area contributed by atoms with E-state index in [1.54, 1.807) is 48.5 Å². The Morgan fingerprint density at radius 1 is 0.806 bits per heavy atom. The van der Waals surface area contributed by atoms with E-state index in [9.17, 15) is 4.57 Å². The molecule has 31 heavy (non-hydrogen) atoms. The summed E-state index contributed by atoms with van der Waals surface area (Å²) in [5, 5.41) is 0. The molecule has 0 N–H and O–H groups in total. The summed E-state index contributed by atoms with van der Waals surface area (Å²) >= 11 is 0. The Morgan fingerprint density at radius 2 is 1.32 bits per heavy atom. The number of hydrogen-bond donors (Lipinski definition) is 0. The number of aryl methyl sites for hydroxylation is 1. The molecule has 5 heteroatoms. The van der Waals surface area contributed by atoms with Crippen LogP contribution >= 0.6 is 7.82 Å². The van der Waals surface area contributed by atoms with Gasteiger partial charge in [0.15, 0.2) is 0 Å². The van der Waals surface area contributed by atoms with Crippen LogP contribution in [0.3, 0.4) is 0 Å². The number of rotatable bonds is 11. The molecule has 0 unspecified atom stereocenters. The van der Waals surface area contributed by atoms with Gasteiger partial charge in [-0.3, -0.25) is 0 Å². The second-order valence-electron chi connectivity index (χ2n) is 6.79. The van der Waals surface area contributed by atoms with E-state index in [1.165, 1.54) is 5.56 Å². The summed E-state index contributed by atoms with van der Waals surface area (Å²) in [6.07, 6.45) is 8.14. The number of phosphoric ester groups is 1. The third-order valence-electron chi connectivity index (χ3n) is 4.27. The Bertz CT molecular complexity index is 970. The van der Waals surface area contributed by atoms with E-state index < -0.39 is 7.82 Å². The van der Waals surface area contributed by atoms with Gasteiger partial charge in [0.2, 0.25) is 0 Å². The van der Waals surface area contributed by atoms with Crippen molar-refractivity contribution in [2.24, 2.45) is 0 Å². The Morgan fingerprint density at radius 3 is 1.84 bits per heavy atom. The fourth-order valence-electron chi connectivity index (χ4n) is 2.84. The monoisotopic (exact) mass is 434 g/mol. The molecule has 0 saturated heterocycles. The van der Waals surface area contributed by atoms with Crippen molar-refractivity contribution in [3.05, 3.63) is 121 Å². The van der Waals surface area contributed by atoms with Crippen LogP contribution in [0, 0.1) is 0 Å². The number of hydrogen-bond acceptors (Lipinski definition) is 4. The number of allylic oxidation sites excluding steroid dienone is 3. The minimum Gasteiger partial charge on any atom is -0.386 e. The minimum atomic E-state index is -3.98. The average Bonchev–Trinajstić information content (AvgIpc) is 2.78. The Labute approximate surface area is 184 Å². The first kappa shape index (κ1) is 22.5.